The van der Waals surface area contributed by atoms with E-state index in [4.69, 9.17) is 5.73 Å². The lowest BCUT2D eigenvalue weighted by Gasteiger charge is -2.25. The molecule has 0 bridgehead atoms. The Morgan fingerprint density at radius 2 is 1.43 bits per heavy atom. The van der Waals surface area contributed by atoms with Gasteiger partial charge in [0.25, 0.3) is 0 Å². The van der Waals surface area contributed by atoms with Gasteiger partial charge in [0, 0.05) is 0 Å². The van der Waals surface area contributed by atoms with E-state index < -0.39 is 54.5 Å². The van der Waals surface area contributed by atoms with Crippen LogP contribution >= 0.6 is 0 Å². The Labute approximate surface area is 165 Å². The van der Waals surface area contributed by atoms with E-state index in [9.17, 15) is 29.4 Å². The van der Waals surface area contributed by atoms with E-state index in [0.29, 0.717) is 12.8 Å². The zero-order chi connectivity index (χ0) is 22.0. The first-order chi connectivity index (χ1) is 13.0. The number of nitrogens with one attached hydrogen (secondary N) is 3. The highest BCUT2D eigenvalue weighted by Crippen LogP contribution is 2.08. The lowest BCUT2D eigenvalue weighted by Crippen LogP contribution is -2.58. The number of carbonyl (C=O) groups excluding carboxylic acids is 3. The summed E-state index contributed by atoms with van der Waals surface area (Å²) < 4.78 is 0. The molecule has 0 fully saturated rings. The quantitative estimate of drug-likeness (QED) is 0.242. The third-order valence-corrected chi connectivity index (χ3v) is 4.84. The Kier molecular flexibility index (Phi) is 11.3. The SMILES string of the molecule is CCC(C)C(N)C(=O)NC(C(=O)NCC(=O)NC(C(=O)O)C(C)CC)C(C)O. The van der Waals surface area contributed by atoms with Gasteiger partial charge in [-0.3, -0.25) is 14.4 Å². The third-order valence-electron chi connectivity index (χ3n) is 4.84. The van der Waals surface area contributed by atoms with Gasteiger partial charge in [-0.05, 0) is 18.8 Å². The van der Waals surface area contributed by atoms with E-state index in [1.165, 1.54) is 6.92 Å². The highest BCUT2D eigenvalue weighted by atomic mass is 16.4. The lowest BCUT2D eigenvalue weighted by molar-refractivity contribution is -0.143. The second-order valence-electron chi connectivity index (χ2n) is 7.12. The summed E-state index contributed by atoms with van der Waals surface area (Å²) in [5.41, 5.74) is 5.82. The van der Waals surface area contributed by atoms with Crippen molar-refractivity contribution in [2.75, 3.05) is 6.54 Å². The molecule has 0 saturated heterocycles. The fourth-order valence-electron chi connectivity index (χ4n) is 2.35. The van der Waals surface area contributed by atoms with Gasteiger partial charge in [-0.25, -0.2) is 4.79 Å². The standard InChI is InChI=1S/C18H34N4O6/c1-6-9(3)13(19)16(25)22-15(11(5)23)17(26)20-8-12(24)21-14(18(27)28)10(4)7-2/h9-11,13-15,23H,6-8,19H2,1-5H3,(H,20,26)(H,21,24)(H,22,25)(H,27,28). The predicted octanol–water partition coefficient (Wildman–Crippen LogP) is -1.04. The molecular weight excluding hydrogens is 368 g/mol. The molecule has 162 valence electrons. The molecule has 10 heteroatoms. The Morgan fingerprint density at radius 1 is 0.893 bits per heavy atom. The number of amides is 3. The molecule has 6 unspecified atom stereocenters. The highest BCUT2D eigenvalue weighted by molar-refractivity contribution is 5.93. The maximum Gasteiger partial charge on any atom is 0.326 e. The van der Waals surface area contributed by atoms with Gasteiger partial charge in [-0.15, -0.1) is 0 Å². The minimum Gasteiger partial charge on any atom is -0.480 e. The smallest absolute Gasteiger partial charge is 0.326 e. The number of hydrogen-bond donors (Lipinski definition) is 6. The molecule has 7 N–H and O–H groups in total. The van der Waals surface area contributed by atoms with Gasteiger partial charge < -0.3 is 31.9 Å². The van der Waals surface area contributed by atoms with Gasteiger partial charge in [0.15, 0.2) is 0 Å². The second kappa shape index (κ2) is 12.3. The molecule has 6 atom stereocenters. The van der Waals surface area contributed by atoms with Crippen LogP contribution in [0, 0.1) is 11.8 Å². The van der Waals surface area contributed by atoms with Crippen LogP contribution < -0.4 is 21.7 Å². The largest absolute Gasteiger partial charge is 0.480 e. The molecule has 0 radical (unpaired) electrons. The number of rotatable bonds is 12. The number of aliphatic carboxylic acids is 1. The van der Waals surface area contributed by atoms with E-state index in [2.05, 4.69) is 16.0 Å². The van der Waals surface area contributed by atoms with Gasteiger partial charge in [-0.2, -0.15) is 0 Å². The van der Waals surface area contributed by atoms with Gasteiger partial charge in [0.1, 0.15) is 12.1 Å². The van der Waals surface area contributed by atoms with Crippen molar-refractivity contribution in [3.8, 4) is 0 Å². The summed E-state index contributed by atoms with van der Waals surface area (Å²) in [7, 11) is 0. The second-order valence-corrected chi connectivity index (χ2v) is 7.12. The Morgan fingerprint density at radius 3 is 1.86 bits per heavy atom. The maximum atomic E-state index is 12.3. The van der Waals surface area contributed by atoms with Crippen LogP contribution in [-0.4, -0.2) is 64.7 Å². The first kappa shape index (κ1) is 25.8. The molecule has 0 aromatic carbocycles. The summed E-state index contributed by atoms with van der Waals surface area (Å²) in [6.45, 7) is 7.99. The van der Waals surface area contributed by atoms with Crippen molar-refractivity contribution < 1.29 is 29.4 Å². The zero-order valence-electron chi connectivity index (χ0n) is 17.2. The molecule has 0 aliphatic heterocycles. The van der Waals surface area contributed by atoms with Crippen LogP contribution in [0.5, 0.6) is 0 Å². The predicted molar refractivity (Wildman–Crippen MR) is 103 cm³/mol. The number of carbonyl (C=O) groups is 4. The normalized spacial score (nSPS) is 17.4. The van der Waals surface area contributed by atoms with Crippen molar-refractivity contribution in [2.45, 2.75) is 71.7 Å². The van der Waals surface area contributed by atoms with E-state index >= 15 is 0 Å². The van der Waals surface area contributed by atoms with Gasteiger partial charge in [0.2, 0.25) is 17.7 Å². The Balaban J connectivity index is 4.83. The van der Waals surface area contributed by atoms with Crippen molar-refractivity contribution >= 4 is 23.7 Å². The summed E-state index contributed by atoms with van der Waals surface area (Å²) in [4.78, 5) is 47.6. The van der Waals surface area contributed by atoms with Gasteiger partial charge in [0.05, 0.1) is 18.7 Å². The summed E-state index contributed by atoms with van der Waals surface area (Å²) in [5.74, 6) is -3.61. The number of carboxylic acid groups (broad SMARTS) is 1. The molecule has 3 amide bonds. The fraction of sp³-hybridized carbons (Fsp3) is 0.778. The molecule has 0 aromatic rings. The van der Waals surface area contributed by atoms with Crippen LogP contribution in [0.1, 0.15) is 47.5 Å². The molecule has 0 aliphatic rings. The number of nitrogens with two attached hydrogens (primary N) is 1. The summed E-state index contributed by atoms with van der Waals surface area (Å²) in [6.07, 6.45) is 0.000225. The number of carboxylic acids is 1. The minimum absolute atomic E-state index is 0.114. The monoisotopic (exact) mass is 402 g/mol. The fourth-order valence-corrected chi connectivity index (χ4v) is 2.35. The molecular formula is C18H34N4O6. The molecule has 0 heterocycles. The third kappa shape index (κ3) is 8.22. The number of hydrogen-bond acceptors (Lipinski definition) is 6. The van der Waals surface area contributed by atoms with Crippen LogP contribution in [0.3, 0.4) is 0 Å². The van der Waals surface area contributed by atoms with E-state index in [1.54, 1.807) is 20.8 Å². The van der Waals surface area contributed by atoms with Crippen molar-refractivity contribution in [1.29, 1.82) is 0 Å². The average molecular weight is 402 g/mol. The molecule has 0 aliphatic carbocycles. The minimum atomic E-state index is -1.29. The Bertz CT molecular complexity index is 554. The maximum absolute atomic E-state index is 12.3. The van der Waals surface area contributed by atoms with E-state index in [-0.39, 0.29) is 11.8 Å². The first-order valence-corrected chi connectivity index (χ1v) is 9.49. The van der Waals surface area contributed by atoms with Crippen molar-refractivity contribution in [3.63, 3.8) is 0 Å². The average Bonchev–Trinajstić information content (AvgIpc) is 2.65. The molecule has 28 heavy (non-hydrogen) atoms. The summed E-state index contributed by atoms with van der Waals surface area (Å²) in [6, 6.07) is -3.20. The first-order valence-electron chi connectivity index (χ1n) is 9.49. The summed E-state index contributed by atoms with van der Waals surface area (Å²) in [5, 5.41) is 26.0. The van der Waals surface area contributed by atoms with Crippen LogP contribution in [0.15, 0.2) is 0 Å². The number of aliphatic hydroxyl groups is 1. The Hall–Kier alpha value is -2.20. The lowest BCUT2D eigenvalue weighted by atomic mass is 9.98. The van der Waals surface area contributed by atoms with E-state index in [0.717, 1.165) is 0 Å². The number of aliphatic hydroxyl groups excluding tert-OH is 1. The van der Waals surface area contributed by atoms with Crippen LogP contribution in [0.25, 0.3) is 0 Å². The van der Waals surface area contributed by atoms with Crippen LogP contribution in [-0.2, 0) is 19.2 Å². The topological polar surface area (TPSA) is 171 Å². The van der Waals surface area contributed by atoms with Crippen molar-refractivity contribution in [3.05, 3.63) is 0 Å². The van der Waals surface area contributed by atoms with E-state index in [1.807, 2.05) is 6.92 Å². The summed E-state index contributed by atoms with van der Waals surface area (Å²) >= 11 is 0. The molecule has 0 rings (SSSR count). The zero-order valence-corrected chi connectivity index (χ0v) is 17.2. The molecule has 0 spiro atoms. The van der Waals surface area contributed by atoms with Crippen LogP contribution in [0.2, 0.25) is 0 Å². The molecule has 0 saturated carbocycles. The molecule has 10 nitrogen and oxygen atoms in total. The van der Waals surface area contributed by atoms with Crippen molar-refractivity contribution in [2.24, 2.45) is 17.6 Å². The molecule has 0 aromatic heterocycles. The van der Waals surface area contributed by atoms with Crippen molar-refractivity contribution in [1.82, 2.24) is 16.0 Å². The van der Waals surface area contributed by atoms with Gasteiger partial charge in [-0.1, -0.05) is 40.5 Å². The van der Waals surface area contributed by atoms with Crippen LogP contribution in [0.4, 0.5) is 0 Å². The van der Waals surface area contributed by atoms with Gasteiger partial charge >= 0.3 is 5.97 Å². The highest BCUT2D eigenvalue weighted by Gasteiger charge is 2.30.